The minimum atomic E-state index is -0.844. The van der Waals surface area contributed by atoms with Crippen molar-refractivity contribution >= 4 is 17.7 Å². The Morgan fingerprint density at radius 1 is 1.14 bits per heavy atom. The molecular weight excluding hydrogens is 356 g/mol. The van der Waals surface area contributed by atoms with E-state index in [2.05, 4.69) is 17.3 Å². The van der Waals surface area contributed by atoms with Crippen LogP contribution >= 0.6 is 0 Å². The van der Waals surface area contributed by atoms with Crippen molar-refractivity contribution in [2.24, 2.45) is 0 Å². The molecule has 6 nitrogen and oxygen atoms in total. The van der Waals surface area contributed by atoms with Crippen LogP contribution in [0.5, 0.6) is 0 Å². The van der Waals surface area contributed by atoms with Gasteiger partial charge in [0.05, 0.1) is 5.69 Å². The van der Waals surface area contributed by atoms with Crippen molar-refractivity contribution < 1.29 is 19.4 Å². The standard InChI is InChI=1S/C22H26N2O4/c1-24-13-11-18(12-14-24)28-22(27)23-20-15-16(8-10-21(25)26)7-9-19(20)17-5-3-2-4-6-17/h2-7,9,15,18H,8,10-14H2,1H3,(H,23,27)(H,25,26). The third-order valence-corrected chi connectivity index (χ3v) is 4.97. The molecule has 28 heavy (non-hydrogen) atoms. The van der Waals surface area contributed by atoms with Crippen LogP contribution in [-0.4, -0.2) is 48.3 Å². The average molecular weight is 382 g/mol. The smallest absolute Gasteiger partial charge is 0.411 e. The number of hydrogen-bond acceptors (Lipinski definition) is 4. The van der Waals surface area contributed by atoms with Gasteiger partial charge in [0.15, 0.2) is 0 Å². The summed E-state index contributed by atoms with van der Waals surface area (Å²) in [6, 6.07) is 15.4. The largest absolute Gasteiger partial charge is 0.481 e. The first-order valence-corrected chi connectivity index (χ1v) is 9.57. The van der Waals surface area contributed by atoms with E-state index in [1.807, 2.05) is 48.5 Å². The molecule has 0 unspecified atom stereocenters. The Balaban J connectivity index is 1.76. The Morgan fingerprint density at radius 2 is 1.86 bits per heavy atom. The lowest BCUT2D eigenvalue weighted by Crippen LogP contribution is -2.36. The second-order valence-electron chi connectivity index (χ2n) is 7.17. The van der Waals surface area contributed by atoms with Gasteiger partial charge in [0, 0.05) is 25.1 Å². The van der Waals surface area contributed by atoms with Gasteiger partial charge in [-0.05, 0) is 43.5 Å². The number of carbonyl (C=O) groups is 2. The van der Waals surface area contributed by atoms with E-state index in [4.69, 9.17) is 9.84 Å². The predicted octanol–water partition coefficient (Wildman–Crippen LogP) is 4.01. The van der Waals surface area contributed by atoms with Crippen LogP contribution in [0.15, 0.2) is 48.5 Å². The molecule has 1 aliphatic heterocycles. The van der Waals surface area contributed by atoms with E-state index in [0.717, 1.165) is 42.6 Å². The Hall–Kier alpha value is -2.86. The highest BCUT2D eigenvalue weighted by molar-refractivity contribution is 5.91. The lowest BCUT2D eigenvalue weighted by molar-refractivity contribution is -0.136. The lowest BCUT2D eigenvalue weighted by atomic mass is 9.99. The molecule has 1 heterocycles. The predicted molar refractivity (Wildman–Crippen MR) is 108 cm³/mol. The maximum absolute atomic E-state index is 12.5. The number of carboxylic acid groups (broad SMARTS) is 1. The van der Waals surface area contributed by atoms with Gasteiger partial charge >= 0.3 is 12.1 Å². The van der Waals surface area contributed by atoms with Crippen LogP contribution in [0, 0.1) is 0 Å². The van der Waals surface area contributed by atoms with Crippen molar-refractivity contribution in [1.82, 2.24) is 4.90 Å². The molecule has 2 aromatic carbocycles. The molecule has 0 bridgehead atoms. The molecule has 148 valence electrons. The Kier molecular flexibility index (Phi) is 6.66. The van der Waals surface area contributed by atoms with Gasteiger partial charge in [-0.1, -0.05) is 42.5 Å². The van der Waals surface area contributed by atoms with Crippen LogP contribution < -0.4 is 5.32 Å². The van der Waals surface area contributed by atoms with Crippen molar-refractivity contribution in [3.8, 4) is 11.1 Å². The normalized spacial score (nSPS) is 15.2. The molecule has 0 spiro atoms. The highest BCUT2D eigenvalue weighted by Crippen LogP contribution is 2.30. The van der Waals surface area contributed by atoms with Crippen LogP contribution in [0.25, 0.3) is 11.1 Å². The van der Waals surface area contributed by atoms with Crippen LogP contribution in [0.4, 0.5) is 10.5 Å². The zero-order valence-corrected chi connectivity index (χ0v) is 16.1. The second-order valence-corrected chi connectivity index (χ2v) is 7.17. The summed E-state index contributed by atoms with van der Waals surface area (Å²) in [5.41, 5.74) is 3.34. The number of likely N-dealkylation sites (tertiary alicyclic amines) is 1. The first-order valence-electron chi connectivity index (χ1n) is 9.57. The number of aryl methyl sites for hydroxylation is 1. The molecular formula is C22H26N2O4. The summed E-state index contributed by atoms with van der Waals surface area (Å²) in [7, 11) is 2.06. The maximum atomic E-state index is 12.5. The van der Waals surface area contributed by atoms with Crippen molar-refractivity contribution in [2.75, 3.05) is 25.5 Å². The molecule has 1 saturated heterocycles. The number of ether oxygens (including phenoxy) is 1. The van der Waals surface area contributed by atoms with Gasteiger partial charge in [-0.15, -0.1) is 0 Å². The van der Waals surface area contributed by atoms with E-state index >= 15 is 0 Å². The van der Waals surface area contributed by atoms with E-state index in [0.29, 0.717) is 12.1 Å². The van der Waals surface area contributed by atoms with Gasteiger partial charge in [-0.3, -0.25) is 10.1 Å². The zero-order chi connectivity index (χ0) is 19.9. The van der Waals surface area contributed by atoms with Crippen LogP contribution in [0.2, 0.25) is 0 Å². The minimum Gasteiger partial charge on any atom is -0.481 e. The monoisotopic (exact) mass is 382 g/mol. The molecule has 1 amide bonds. The highest BCUT2D eigenvalue weighted by atomic mass is 16.6. The first-order chi connectivity index (χ1) is 13.5. The Labute approximate surface area is 165 Å². The number of carboxylic acids is 1. The second kappa shape index (κ2) is 9.37. The van der Waals surface area contributed by atoms with Crippen molar-refractivity contribution in [2.45, 2.75) is 31.8 Å². The molecule has 6 heteroatoms. The summed E-state index contributed by atoms with van der Waals surface area (Å²) in [6.07, 6.45) is 1.56. The van der Waals surface area contributed by atoms with E-state index in [9.17, 15) is 9.59 Å². The van der Waals surface area contributed by atoms with E-state index in [1.54, 1.807) is 0 Å². The topological polar surface area (TPSA) is 78.9 Å². The number of amides is 1. The van der Waals surface area contributed by atoms with Crippen molar-refractivity contribution in [1.29, 1.82) is 0 Å². The van der Waals surface area contributed by atoms with Crippen LogP contribution in [0.1, 0.15) is 24.8 Å². The molecule has 0 atom stereocenters. The first kappa shape index (κ1) is 19.9. The van der Waals surface area contributed by atoms with E-state index < -0.39 is 12.1 Å². The molecule has 2 N–H and O–H groups in total. The third-order valence-electron chi connectivity index (χ3n) is 4.97. The van der Waals surface area contributed by atoms with Gasteiger partial charge in [-0.2, -0.15) is 0 Å². The van der Waals surface area contributed by atoms with Gasteiger partial charge in [-0.25, -0.2) is 4.79 Å². The van der Waals surface area contributed by atoms with Crippen LogP contribution in [0.3, 0.4) is 0 Å². The summed E-state index contributed by atoms with van der Waals surface area (Å²) in [5.74, 6) is -0.844. The number of rotatable bonds is 6. The average Bonchev–Trinajstić information content (AvgIpc) is 2.69. The lowest BCUT2D eigenvalue weighted by Gasteiger charge is -2.28. The summed E-state index contributed by atoms with van der Waals surface area (Å²) in [4.78, 5) is 25.6. The summed E-state index contributed by atoms with van der Waals surface area (Å²) < 4.78 is 5.60. The number of carbonyl (C=O) groups excluding carboxylic acids is 1. The zero-order valence-electron chi connectivity index (χ0n) is 16.1. The fourth-order valence-corrected chi connectivity index (χ4v) is 3.36. The summed E-state index contributed by atoms with van der Waals surface area (Å²) in [5, 5.41) is 11.8. The number of aliphatic carboxylic acids is 1. The SMILES string of the molecule is CN1CCC(OC(=O)Nc2cc(CCC(=O)O)ccc2-c2ccccc2)CC1. The Bertz CT molecular complexity index is 815. The summed E-state index contributed by atoms with van der Waals surface area (Å²) >= 11 is 0. The number of anilines is 1. The summed E-state index contributed by atoms with van der Waals surface area (Å²) in [6.45, 7) is 1.83. The Morgan fingerprint density at radius 3 is 2.54 bits per heavy atom. The molecule has 0 saturated carbocycles. The third kappa shape index (κ3) is 5.57. The highest BCUT2D eigenvalue weighted by Gasteiger charge is 2.21. The maximum Gasteiger partial charge on any atom is 0.411 e. The molecule has 3 rings (SSSR count). The number of benzene rings is 2. The van der Waals surface area contributed by atoms with Crippen molar-refractivity contribution in [3.05, 3.63) is 54.1 Å². The fourth-order valence-electron chi connectivity index (χ4n) is 3.36. The number of nitrogens with one attached hydrogen (secondary N) is 1. The van der Waals surface area contributed by atoms with Gasteiger partial charge < -0.3 is 14.7 Å². The molecule has 2 aromatic rings. The van der Waals surface area contributed by atoms with Gasteiger partial charge in [0.25, 0.3) is 0 Å². The van der Waals surface area contributed by atoms with Gasteiger partial charge in [0.2, 0.25) is 0 Å². The minimum absolute atomic E-state index is 0.0458. The van der Waals surface area contributed by atoms with E-state index in [-0.39, 0.29) is 12.5 Å². The molecule has 0 aliphatic carbocycles. The molecule has 0 aromatic heterocycles. The van der Waals surface area contributed by atoms with E-state index in [1.165, 1.54) is 0 Å². The van der Waals surface area contributed by atoms with Crippen LogP contribution in [-0.2, 0) is 16.0 Å². The van der Waals surface area contributed by atoms with Gasteiger partial charge in [0.1, 0.15) is 6.10 Å². The molecule has 0 radical (unpaired) electrons. The number of nitrogens with zero attached hydrogens (tertiary/aromatic N) is 1. The molecule has 1 aliphatic rings. The number of hydrogen-bond donors (Lipinski definition) is 2. The number of piperidine rings is 1. The van der Waals surface area contributed by atoms with Crippen molar-refractivity contribution in [3.63, 3.8) is 0 Å². The molecule has 1 fully saturated rings. The fraction of sp³-hybridized carbons (Fsp3) is 0.364. The quantitative estimate of drug-likeness (QED) is 0.789.